The van der Waals surface area contributed by atoms with E-state index in [1.807, 2.05) is 0 Å². The lowest BCUT2D eigenvalue weighted by molar-refractivity contribution is 0.259. The maximum Gasteiger partial charge on any atom is 0.316 e. The zero-order valence-electron chi connectivity index (χ0n) is 8.19. The van der Waals surface area contributed by atoms with E-state index < -0.39 is 21.0 Å². The van der Waals surface area contributed by atoms with Crippen LogP contribution in [-0.4, -0.2) is 19.0 Å². The summed E-state index contributed by atoms with van der Waals surface area (Å²) in [6.07, 6.45) is 0. The number of urea groups is 1. The lowest BCUT2D eigenvalue weighted by atomic mass is 10.2. The third-order valence-electron chi connectivity index (χ3n) is 1.87. The first-order valence-electron chi connectivity index (χ1n) is 4.06. The minimum atomic E-state index is -4.38. The third-order valence-corrected chi connectivity index (χ3v) is 3.10. The highest BCUT2D eigenvalue weighted by atomic mass is 35.5. The fourth-order valence-corrected chi connectivity index (χ4v) is 1.88. The highest BCUT2D eigenvalue weighted by molar-refractivity contribution is 7.85. The van der Waals surface area contributed by atoms with Crippen molar-refractivity contribution in [3.63, 3.8) is 0 Å². The number of primary amides is 1. The maximum absolute atomic E-state index is 10.9. The second-order valence-electron chi connectivity index (χ2n) is 3.04. The van der Waals surface area contributed by atoms with Crippen LogP contribution in [0.4, 0.5) is 10.5 Å². The highest BCUT2D eigenvalue weighted by Crippen LogP contribution is 2.27. The van der Waals surface area contributed by atoms with Crippen molar-refractivity contribution < 1.29 is 17.8 Å². The predicted molar refractivity (Wildman–Crippen MR) is 59.2 cm³/mol. The lowest BCUT2D eigenvalue weighted by Gasteiger charge is -2.09. The van der Waals surface area contributed by atoms with Gasteiger partial charge in [0.15, 0.2) is 0 Å². The summed E-state index contributed by atoms with van der Waals surface area (Å²) in [5.41, 5.74) is 5.48. The van der Waals surface area contributed by atoms with Crippen LogP contribution >= 0.6 is 11.6 Å². The molecule has 0 unspecified atom stereocenters. The predicted octanol–water partition coefficient (Wildman–Crippen LogP) is 1.39. The van der Waals surface area contributed by atoms with Gasteiger partial charge in [-0.2, -0.15) is 8.42 Å². The molecule has 16 heavy (non-hydrogen) atoms. The standard InChI is InChI=1S/C8H9ClN2O4S/c1-4-6(9)2-5(16(13,14)15)3-7(4)11-8(10)12/h2-3H,1H3,(H3,10,11,12)(H,13,14,15). The second kappa shape index (κ2) is 4.28. The Balaban J connectivity index is 3.39. The van der Waals surface area contributed by atoms with E-state index in [1.165, 1.54) is 0 Å². The van der Waals surface area contributed by atoms with Gasteiger partial charge < -0.3 is 11.1 Å². The Morgan fingerprint density at radius 2 is 2.06 bits per heavy atom. The van der Waals surface area contributed by atoms with Gasteiger partial charge in [-0.25, -0.2) is 4.79 Å². The number of rotatable bonds is 2. The van der Waals surface area contributed by atoms with E-state index >= 15 is 0 Å². The van der Waals surface area contributed by atoms with Crippen molar-refractivity contribution in [2.75, 3.05) is 5.32 Å². The third kappa shape index (κ3) is 2.84. The van der Waals surface area contributed by atoms with Gasteiger partial charge in [0, 0.05) is 10.7 Å². The Hall–Kier alpha value is -1.31. The summed E-state index contributed by atoms with van der Waals surface area (Å²) in [4.78, 5) is 10.2. The minimum Gasteiger partial charge on any atom is -0.351 e. The van der Waals surface area contributed by atoms with E-state index in [9.17, 15) is 13.2 Å². The molecular weight excluding hydrogens is 256 g/mol. The molecule has 1 aromatic rings. The molecule has 0 aromatic heterocycles. The molecular formula is C8H9ClN2O4S. The van der Waals surface area contributed by atoms with Gasteiger partial charge in [-0.1, -0.05) is 11.6 Å². The van der Waals surface area contributed by atoms with Crippen LogP contribution in [-0.2, 0) is 10.1 Å². The molecule has 1 rings (SSSR count). The lowest BCUT2D eigenvalue weighted by Crippen LogP contribution is -2.20. The number of nitrogens with two attached hydrogens (primary N) is 1. The number of hydrogen-bond acceptors (Lipinski definition) is 3. The summed E-state index contributed by atoms with van der Waals surface area (Å²) in [6.45, 7) is 1.57. The zero-order chi connectivity index (χ0) is 12.5. The molecule has 0 aliphatic rings. The molecule has 6 nitrogen and oxygen atoms in total. The van der Waals surface area contributed by atoms with Crippen LogP contribution in [0.3, 0.4) is 0 Å². The topological polar surface area (TPSA) is 109 Å². The summed E-state index contributed by atoms with van der Waals surface area (Å²) >= 11 is 5.74. The Morgan fingerprint density at radius 1 is 1.50 bits per heavy atom. The van der Waals surface area contributed by atoms with Crippen molar-refractivity contribution in [3.05, 3.63) is 22.7 Å². The molecule has 0 atom stereocenters. The minimum absolute atomic E-state index is 0.0962. The Morgan fingerprint density at radius 3 is 2.50 bits per heavy atom. The average Bonchev–Trinajstić information content (AvgIpc) is 2.10. The summed E-state index contributed by atoms with van der Waals surface area (Å²) in [5, 5.41) is 2.30. The quantitative estimate of drug-likeness (QED) is 0.701. The van der Waals surface area contributed by atoms with Crippen LogP contribution in [0.1, 0.15) is 5.56 Å². The normalized spacial score (nSPS) is 11.2. The number of benzene rings is 1. The van der Waals surface area contributed by atoms with Gasteiger partial charge in [0.05, 0.1) is 4.90 Å². The van der Waals surface area contributed by atoms with Gasteiger partial charge in [-0.15, -0.1) is 0 Å². The first kappa shape index (κ1) is 12.8. The van der Waals surface area contributed by atoms with Gasteiger partial charge in [0.2, 0.25) is 0 Å². The summed E-state index contributed by atoms with van der Waals surface area (Å²) in [7, 11) is -4.38. The average molecular weight is 265 g/mol. The van der Waals surface area contributed by atoms with Crippen molar-refractivity contribution in [1.82, 2.24) is 0 Å². The number of nitrogens with one attached hydrogen (secondary N) is 1. The van der Waals surface area contributed by atoms with Crippen molar-refractivity contribution in [2.45, 2.75) is 11.8 Å². The molecule has 0 aliphatic heterocycles. The number of carbonyl (C=O) groups excluding carboxylic acids is 1. The fourth-order valence-electron chi connectivity index (χ4n) is 1.07. The van der Waals surface area contributed by atoms with Gasteiger partial charge in [-0.05, 0) is 24.6 Å². The molecule has 0 aliphatic carbocycles. The van der Waals surface area contributed by atoms with Crippen molar-refractivity contribution in [1.29, 1.82) is 0 Å². The molecule has 0 saturated carbocycles. The SMILES string of the molecule is Cc1c(Cl)cc(S(=O)(=O)O)cc1NC(N)=O. The number of halogens is 1. The molecule has 8 heteroatoms. The molecule has 0 saturated heterocycles. The van der Waals surface area contributed by atoms with Gasteiger partial charge in [-0.3, -0.25) is 4.55 Å². The maximum atomic E-state index is 10.9. The van der Waals surface area contributed by atoms with Gasteiger partial charge >= 0.3 is 6.03 Å². The number of anilines is 1. The van der Waals surface area contributed by atoms with Crippen molar-refractivity contribution in [3.8, 4) is 0 Å². The smallest absolute Gasteiger partial charge is 0.316 e. The molecule has 1 aromatic carbocycles. The molecule has 2 amide bonds. The van der Waals surface area contributed by atoms with E-state index in [0.29, 0.717) is 5.56 Å². The van der Waals surface area contributed by atoms with E-state index in [2.05, 4.69) is 5.32 Å². The second-order valence-corrected chi connectivity index (χ2v) is 4.87. The molecule has 0 heterocycles. The number of carbonyl (C=O) groups is 1. The molecule has 88 valence electrons. The van der Waals surface area contributed by atoms with Gasteiger partial charge in [0.25, 0.3) is 10.1 Å². The van der Waals surface area contributed by atoms with Crippen molar-refractivity contribution >= 4 is 33.4 Å². The molecule has 0 bridgehead atoms. The molecule has 4 N–H and O–H groups in total. The summed E-state index contributed by atoms with van der Waals surface area (Å²) < 4.78 is 30.6. The van der Waals surface area contributed by atoms with Crippen LogP contribution in [0, 0.1) is 6.92 Å². The van der Waals surface area contributed by atoms with E-state index in [-0.39, 0.29) is 10.7 Å². The monoisotopic (exact) mass is 264 g/mol. The Bertz CT molecular complexity index is 541. The molecule has 0 fully saturated rings. The van der Waals surface area contributed by atoms with Crippen LogP contribution < -0.4 is 11.1 Å². The summed E-state index contributed by atoms with van der Waals surface area (Å²) in [6, 6.07) is 1.30. The van der Waals surface area contributed by atoms with Gasteiger partial charge in [0.1, 0.15) is 0 Å². The Labute approximate surface area is 97.1 Å². The van der Waals surface area contributed by atoms with Crippen LogP contribution in [0.15, 0.2) is 17.0 Å². The van der Waals surface area contributed by atoms with E-state index in [4.69, 9.17) is 21.9 Å². The zero-order valence-corrected chi connectivity index (χ0v) is 9.76. The molecule has 0 spiro atoms. The number of hydrogen-bond donors (Lipinski definition) is 3. The van der Waals surface area contributed by atoms with Crippen LogP contribution in [0.5, 0.6) is 0 Å². The first-order chi connectivity index (χ1) is 7.21. The van der Waals surface area contributed by atoms with Crippen LogP contribution in [0.2, 0.25) is 5.02 Å². The summed E-state index contributed by atoms with van der Waals surface area (Å²) in [5.74, 6) is 0. The number of amides is 2. The largest absolute Gasteiger partial charge is 0.351 e. The van der Waals surface area contributed by atoms with E-state index in [1.54, 1.807) is 6.92 Å². The van der Waals surface area contributed by atoms with Crippen molar-refractivity contribution in [2.24, 2.45) is 5.73 Å². The fraction of sp³-hybridized carbons (Fsp3) is 0.125. The first-order valence-corrected chi connectivity index (χ1v) is 5.87. The molecule has 0 radical (unpaired) electrons. The van der Waals surface area contributed by atoms with Crippen LogP contribution in [0.25, 0.3) is 0 Å². The Kier molecular flexibility index (Phi) is 3.41. The van der Waals surface area contributed by atoms with E-state index in [0.717, 1.165) is 12.1 Å². The highest BCUT2D eigenvalue weighted by Gasteiger charge is 2.15.